The van der Waals surface area contributed by atoms with Crippen LogP contribution in [0, 0.1) is 0 Å². The molecule has 0 saturated carbocycles. The van der Waals surface area contributed by atoms with Crippen LogP contribution < -0.4 is 5.32 Å². The van der Waals surface area contributed by atoms with Crippen molar-refractivity contribution in [1.82, 2.24) is 0 Å². The lowest BCUT2D eigenvalue weighted by atomic mass is 10.2. The van der Waals surface area contributed by atoms with Crippen molar-refractivity contribution in [2.75, 3.05) is 11.6 Å². The Morgan fingerprint density at radius 3 is 2.13 bits per heavy atom. The molecule has 0 heterocycles. The molecular formula is C20H13Cl4NO3S2. The Labute approximate surface area is 198 Å². The average molecular weight is 521 g/mol. The summed E-state index contributed by atoms with van der Waals surface area (Å²) in [5.41, 5.74) is 0.250. The number of carbonyl (C=O) groups excluding carboxylic acids is 1. The number of amides is 1. The van der Waals surface area contributed by atoms with Crippen LogP contribution in [0.3, 0.4) is 0 Å². The monoisotopic (exact) mass is 519 g/mol. The van der Waals surface area contributed by atoms with Crippen LogP contribution in [-0.2, 0) is 9.84 Å². The van der Waals surface area contributed by atoms with Crippen molar-refractivity contribution in [2.45, 2.75) is 14.7 Å². The molecule has 0 unspecified atom stereocenters. The second-order valence-corrected chi connectivity index (χ2v) is 11.0. The molecular weight excluding hydrogens is 508 g/mol. The Kier molecular flexibility index (Phi) is 7.28. The molecule has 4 nitrogen and oxygen atoms in total. The summed E-state index contributed by atoms with van der Waals surface area (Å²) >= 11 is 25.5. The largest absolute Gasteiger partial charge is 0.321 e. The van der Waals surface area contributed by atoms with Crippen LogP contribution in [0.2, 0.25) is 20.1 Å². The average Bonchev–Trinajstić information content (AvgIpc) is 2.63. The van der Waals surface area contributed by atoms with Gasteiger partial charge in [0.1, 0.15) is 0 Å². The van der Waals surface area contributed by atoms with Crippen LogP contribution in [0.15, 0.2) is 69.3 Å². The molecule has 3 rings (SSSR count). The molecule has 0 bridgehead atoms. The minimum Gasteiger partial charge on any atom is -0.321 e. The SMILES string of the molecule is CS(=O)(=O)c1c(Cl)cc(Cl)cc1C(=O)Nc1cc(Cl)ccc1Sc1ccc(Cl)cc1. The summed E-state index contributed by atoms with van der Waals surface area (Å²) in [5, 5.41) is 3.73. The van der Waals surface area contributed by atoms with Gasteiger partial charge in [-0.05, 0) is 54.6 Å². The normalized spacial score (nSPS) is 11.4. The maximum atomic E-state index is 13.0. The zero-order valence-electron chi connectivity index (χ0n) is 15.2. The van der Waals surface area contributed by atoms with Crippen molar-refractivity contribution >= 4 is 79.6 Å². The molecule has 0 aliphatic rings. The van der Waals surface area contributed by atoms with E-state index in [0.29, 0.717) is 20.6 Å². The third-order valence-electron chi connectivity index (χ3n) is 3.86. The molecule has 0 saturated heterocycles. The molecule has 0 radical (unpaired) electrons. The smallest absolute Gasteiger partial charge is 0.257 e. The van der Waals surface area contributed by atoms with Crippen molar-refractivity contribution in [3.05, 3.63) is 80.3 Å². The molecule has 1 N–H and O–H groups in total. The van der Waals surface area contributed by atoms with Crippen LogP contribution in [-0.4, -0.2) is 20.6 Å². The number of halogens is 4. The summed E-state index contributed by atoms with van der Waals surface area (Å²) in [6, 6.07) is 14.7. The predicted molar refractivity (Wildman–Crippen MR) is 125 cm³/mol. The first kappa shape index (κ1) is 23.3. The second-order valence-electron chi connectivity index (χ2n) is 6.19. The van der Waals surface area contributed by atoms with Gasteiger partial charge < -0.3 is 5.32 Å². The van der Waals surface area contributed by atoms with Gasteiger partial charge in [0.2, 0.25) is 0 Å². The Bertz CT molecular complexity index is 1230. The van der Waals surface area contributed by atoms with Gasteiger partial charge in [-0.25, -0.2) is 8.42 Å². The number of benzene rings is 3. The van der Waals surface area contributed by atoms with Crippen molar-refractivity contribution in [3.8, 4) is 0 Å². The molecule has 0 fully saturated rings. The van der Waals surface area contributed by atoms with Crippen LogP contribution in [0.1, 0.15) is 10.4 Å². The number of sulfone groups is 1. The number of hydrogen-bond donors (Lipinski definition) is 1. The van der Waals surface area contributed by atoms with Crippen LogP contribution in [0.5, 0.6) is 0 Å². The van der Waals surface area contributed by atoms with E-state index in [4.69, 9.17) is 46.4 Å². The molecule has 3 aromatic carbocycles. The van der Waals surface area contributed by atoms with Gasteiger partial charge in [-0.15, -0.1) is 0 Å². The van der Waals surface area contributed by atoms with E-state index in [1.165, 1.54) is 23.9 Å². The number of carbonyl (C=O) groups is 1. The first-order chi connectivity index (χ1) is 14.0. The molecule has 1 amide bonds. The molecule has 156 valence electrons. The van der Waals surface area contributed by atoms with Crippen molar-refractivity contribution in [2.24, 2.45) is 0 Å². The lowest BCUT2D eigenvalue weighted by Gasteiger charge is -2.14. The Hall–Kier alpha value is -1.41. The summed E-state index contributed by atoms with van der Waals surface area (Å²) in [6.07, 6.45) is 0.972. The van der Waals surface area contributed by atoms with Crippen molar-refractivity contribution in [3.63, 3.8) is 0 Å². The van der Waals surface area contributed by atoms with Gasteiger partial charge in [0.25, 0.3) is 5.91 Å². The lowest BCUT2D eigenvalue weighted by Crippen LogP contribution is -2.17. The summed E-state index contributed by atoms with van der Waals surface area (Å²) in [4.78, 5) is 14.3. The Morgan fingerprint density at radius 1 is 0.867 bits per heavy atom. The van der Waals surface area contributed by atoms with E-state index in [0.717, 1.165) is 11.2 Å². The van der Waals surface area contributed by atoms with Gasteiger partial charge in [0, 0.05) is 31.1 Å². The van der Waals surface area contributed by atoms with Gasteiger partial charge in [0.15, 0.2) is 9.84 Å². The molecule has 0 aliphatic heterocycles. The summed E-state index contributed by atoms with van der Waals surface area (Å²) in [6.45, 7) is 0. The molecule has 0 atom stereocenters. The second kappa shape index (κ2) is 9.39. The fourth-order valence-electron chi connectivity index (χ4n) is 2.61. The first-order valence-corrected chi connectivity index (χ1v) is 12.5. The van der Waals surface area contributed by atoms with E-state index >= 15 is 0 Å². The first-order valence-electron chi connectivity index (χ1n) is 8.28. The number of anilines is 1. The minimum atomic E-state index is -3.78. The number of nitrogens with one attached hydrogen (secondary N) is 1. The lowest BCUT2D eigenvalue weighted by molar-refractivity contribution is 0.102. The number of hydrogen-bond acceptors (Lipinski definition) is 4. The topological polar surface area (TPSA) is 63.2 Å². The molecule has 3 aromatic rings. The predicted octanol–water partition coefficient (Wildman–Crippen LogP) is 7.11. The molecule has 30 heavy (non-hydrogen) atoms. The summed E-state index contributed by atoms with van der Waals surface area (Å²) in [7, 11) is -3.78. The maximum absolute atomic E-state index is 13.0. The Balaban J connectivity index is 2.00. The van der Waals surface area contributed by atoms with E-state index in [-0.39, 0.29) is 20.5 Å². The van der Waals surface area contributed by atoms with E-state index in [2.05, 4.69) is 5.32 Å². The zero-order chi connectivity index (χ0) is 22.1. The zero-order valence-corrected chi connectivity index (χ0v) is 19.9. The molecule has 0 aromatic heterocycles. The standard InChI is InChI=1S/C20H13Cl4NO3S2/c1-30(27,28)19-15(8-13(23)9-16(19)24)20(26)25-17-10-12(22)4-7-18(17)29-14-5-2-11(21)3-6-14/h2-10H,1H3,(H,25,26). The fourth-order valence-corrected chi connectivity index (χ4v) is 5.67. The van der Waals surface area contributed by atoms with Crippen LogP contribution >= 0.6 is 58.2 Å². The maximum Gasteiger partial charge on any atom is 0.257 e. The van der Waals surface area contributed by atoms with Gasteiger partial charge in [-0.3, -0.25) is 4.79 Å². The van der Waals surface area contributed by atoms with E-state index in [9.17, 15) is 13.2 Å². The molecule has 10 heteroatoms. The molecule has 0 aliphatic carbocycles. The highest BCUT2D eigenvalue weighted by atomic mass is 35.5. The molecule has 0 spiro atoms. The Morgan fingerprint density at radius 2 is 1.50 bits per heavy atom. The van der Waals surface area contributed by atoms with Crippen molar-refractivity contribution in [1.29, 1.82) is 0 Å². The van der Waals surface area contributed by atoms with Crippen LogP contribution in [0.25, 0.3) is 0 Å². The third-order valence-corrected chi connectivity index (χ3v) is 7.24. The fraction of sp³-hybridized carbons (Fsp3) is 0.0500. The minimum absolute atomic E-state index is 0.128. The van der Waals surface area contributed by atoms with Crippen molar-refractivity contribution < 1.29 is 13.2 Å². The third kappa shape index (κ3) is 5.63. The van der Waals surface area contributed by atoms with E-state index in [1.54, 1.807) is 30.3 Å². The highest BCUT2D eigenvalue weighted by Gasteiger charge is 2.24. The van der Waals surface area contributed by atoms with Crippen LogP contribution in [0.4, 0.5) is 5.69 Å². The van der Waals surface area contributed by atoms with Gasteiger partial charge >= 0.3 is 0 Å². The van der Waals surface area contributed by atoms with Gasteiger partial charge in [-0.1, -0.05) is 58.2 Å². The highest BCUT2D eigenvalue weighted by molar-refractivity contribution is 7.99. The highest BCUT2D eigenvalue weighted by Crippen LogP contribution is 2.37. The van der Waals surface area contributed by atoms with Gasteiger partial charge in [0.05, 0.1) is 21.2 Å². The summed E-state index contributed by atoms with van der Waals surface area (Å²) in [5.74, 6) is -0.681. The van der Waals surface area contributed by atoms with E-state index in [1.807, 2.05) is 12.1 Å². The van der Waals surface area contributed by atoms with E-state index < -0.39 is 15.7 Å². The number of rotatable bonds is 5. The quantitative estimate of drug-likeness (QED) is 0.389. The van der Waals surface area contributed by atoms with Gasteiger partial charge in [-0.2, -0.15) is 0 Å². The summed E-state index contributed by atoms with van der Waals surface area (Å²) < 4.78 is 24.4.